The molecule has 126 valence electrons. The van der Waals surface area contributed by atoms with E-state index >= 15 is 0 Å². The van der Waals surface area contributed by atoms with E-state index in [1.807, 2.05) is 11.0 Å². The monoisotopic (exact) mass is 326 g/mol. The first-order valence-electron chi connectivity index (χ1n) is 8.80. The topological polar surface area (TPSA) is 69.5 Å². The van der Waals surface area contributed by atoms with Gasteiger partial charge in [-0.25, -0.2) is 4.98 Å². The van der Waals surface area contributed by atoms with Crippen molar-refractivity contribution in [2.75, 3.05) is 44.3 Å². The standard InChI is InChI=1S/C18H22N4O2/c19-10-14-9-13-3-1-2-4-16(13)20-17(14)22-11-15(12-22)18(23)21-5-7-24-8-6-21/h9,15H,1-8,11-12H2. The number of rotatable bonds is 2. The lowest BCUT2D eigenvalue weighted by atomic mass is 9.93. The van der Waals surface area contributed by atoms with E-state index in [-0.39, 0.29) is 11.8 Å². The number of fused-ring (bicyclic) bond motifs is 1. The summed E-state index contributed by atoms with van der Waals surface area (Å²) in [5.41, 5.74) is 3.01. The molecule has 0 aromatic carbocycles. The Kier molecular flexibility index (Phi) is 4.11. The number of hydrogen-bond donors (Lipinski definition) is 0. The Bertz CT molecular complexity index is 685. The highest BCUT2D eigenvalue weighted by Crippen LogP contribution is 2.31. The molecule has 2 saturated heterocycles. The molecule has 4 rings (SSSR count). The molecule has 6 heteroatoms. The molecule has 0 radical (unpaired) electrons. The molecule has 0 N–H and O–H groups in total. The Balaban J connectivity index is 1.46. The highest BCUT2D eigenvalue weighted by atomic mass is 16.5. The lowest BCUT2D eigenvalue weighted by Gasteiger charge is -2.42. The van der Waals surface area contributed by atoms with Crippen LogP contribution in [-0.4, -0.2) is 55.2 Å². The molecule has 2 aliphatic heterocycles. The number of nitriles is 1. The van der Waals surface area contributed by atoms with Gasteiger partial charge in [0.05, 0.1) is 24.7 Å². The van der Waals surface area contributed by atoms with Crippen LogP contribution < -0.4 is 4.90 Å². The van der Waals surface area contributed by atoms with Crippen LogP contribution in [0.5, 0.6) is 0 Å². The molecular weight excluding hydrogens is 304 g/mol. The summed E-state index contributed by atoms with van der Waals surface area (Å²) in [6, 6.07) is 4.29. The quantitative estimate of drug-likeness (QED) is 0.815. The van der Waals surface area contributed by atoms with Gasteiger partial charge in [-0.15, -0.1) is 0 Å². The van der Waals surface area contributed by atoms with E-state index in [1.165, 1.54) is 18.4 Å². The molecule has 0 atom stereocenters. The van der Waals surface area contributed by atoms with Crippen LogP contribution in [0.15, 0.2) is 6.07 Å². The molecule has 0 saturated carbocycles. The van der Waals surface area contributed by atoms with Crippen LogP contribution in [0.3, 0.4) is 0 Å². The van der Waals surface area contributed by atoms with Gasteiger partial charge in [0, 0.05) is 31.9 Å². The summed E-state index contributed by atoms with van der Waals surface area (Å²) in [5.74, 6) is 1.00. The maximum Gasteiger partial charge on any atom is 0.229 e. The second kappa shape index (κ2) is 6.40. The largest absolute Gasteiger partial charge is 0.378 e. The average molecular weight is 326 g/mol. The zero-order valence-corrected chi connectivity index (χ0v) is 13.8. The summed E-state index contributed by atoms with van der Waals surface area (Å²) in [5, 5.41) is 9.46. The Morgan fingerprint density at radius 3 is 2.75 bits per heavy atom. The van der Waals surface area contributed by atoms with Crippen molar-refractivity contribution >= 4 is 11.7 Å². The number of morpholine rings is 1. The van der Waals surface area contributed by atoms with E-state index in [9.17, 15) is 10.1 Å². The minimum Gasteiger partial charge on any atom is -0.378 e. The van der Waals surface area contributed by atoms with E-state index in [0.717, 1.165) is 24.4 Å². The lowest BCUT2D eigenvalue weighted by molar-refractivity contribution is -0.140. The fourth-order valence-corrected chi connectivity index (χ4v) is 3.80. The number of pyridine rings is 1. The number of nitrogens with zero attached hydrogens (tertiary/aromatic N) is 4. The van der Waals surface area contributed by atoms with Crippen LogP contribution in [-0.2, 0) is 22.4 Å². The Morgan fingerprint density at radius 2 is 2.00 bits per heavy atom. The molecule has 0 unspecified atom stereocenters. The fraction of sp³-hybridized carbons (Fsp3) is 0.611. The normalized spacial score (nSPS) is 21.0. The second-order valence-electron chi connectivity index (χ2n) is 6.82. The van der Waals surface area contributed by atoms with Crippen molar-refractivity contribution in [1.82, 2.24) is 9.88 Å². The first kappa shape index (κ1) is 15.4. The van der Waals surface area contributed by atoms with E-state index in [2.05, 4.69) is 11.0 Å². The van der Waals surface area contributed by atoms with Gasteiger partial charge in [0.1, 0.15) is 11.9 Å². The summed E-state index contributed by atoms with van der Waals surface area (Å²) in [4.78, 5) is 21.3. The van der Waals surface area contributed by atoms with Crippen molar-refractivity contribution in [3.63, 3.8) is 0 Å². The molecular formula is C18H22N4O2. The van der Waals surface area contributed by atoms with Gasteiger partial charge < -0.3 is 14.5 Å². The van der Waals surface area contributed by atoms with Gasteiger partial charge in [0.2, 0.25) is 5.91 Å². The van der Waals surface area contributed by atoms with Gasteiger partial charge in [0.25, 0.3) is 0 Å². The molecule has 6 nitrogen and oxygen atoms in total. The highest BCUT2D eigenvalue weighted by Gasteiger charge is 2.37. The minimum absolute atomic E-state index is 0.0208. The second-order valence-corrected chi connectivity index (χ2v) is 6.82. The lowest BCUT2D eigenvalue weighted by Crippen LogP contribution is -2.56. The van der Waals surface area contributed by atoms with Crippen molar-refractivity contribution in [3.8, 4) is 6.07 Å². The van der Waals surface area contributed by atoms with Crippen LogP contribution in [0.4, 0.5) is 5.82 Å². The Hall–Kier alpha value is -2.13. The van der Waals surface area contributed by atoms with Crippen molar-refractivity contribution in [2.24, 2.45) is 5.92 Å². The molecule has 1 aliphatic carbocycles. The average Bonchev–Trinajstić information content (AvgIpc) is 2.60. The Morgan fingerprint density at radius 1 is 1.25 bits per heavy atom. The minimum atomic E-state index is 0.0208. The summed E-state index contributed by atoms with van der Waals surface area (Å²) < 4.78 is 5.30. The molecule has 1 aromatic rings. The summed E-state index contributed by atoms with van der Waals surface area (Å²) >= 11 is 0. The third-order valence-corrected chi connectivity index (χ3v) is 5.25. The van der Waals surface area contributed by atoms with Crippen molar-refractivity contribution < 1.29 is 9.53 Å². The summed E-state index contributed by atoms with van der Waals surface area (Å²) in [7, 11) is 0. The van der Waals surface area contributed by atoms with Crippen molar-refractivity contribution in [2.45, 2.75) is 25.7 Å². The van der Waals surface area contributed by atoms with E-state index < -0.39 is 0 Å². The molecule has 1 amide bonds. The molecule has 1 aromatic heterocycles. The number of anilines is 1. The predicted molar refractivity (Wildman–Crippen MR) is 88.7 cm³/mol. The van der Waals surface area contributed by atoms with Crippen molar-refractivity contribution in [3.05, 3.63) is 22.9 Å². The fourth-order valence-electron chi connectivity index (χ4n) is 3.80. The van der Waals surface area contributed by atoms with Gasteiger partial charge in [0.15, 0.2) is 0 Å². The predicted octanol–water partition coefficient (Wildman–Crippen LogP) is 1.13. The van der Waals surface area contributed by atoms with Gasteiger partial charge >= 0.3 is 0 Å². The molecule has 0 spiro atoms. The Labute approximate surface area is 142 Å². The maximum atomic E-state index is 12.5. The van der Waals surface area contributed by atoms with Crippen molar-refractivity contribution in [1.29, 1.82) is 5.26 Å². The first-order chi connectivity index (χ1) is 11.8. The third-order valence-electron chi connectivity index (χ3n) is 5.25. The van der Waals surface area contributed by atoms with Crippen LogP contribution in [0.2, 0.25) is 0 Å². The number of aromatic nitrogens is 1. The third kappa shape index (κ3) is 2.73. The summed E-state index contributed by atoms with van der Waals surface area (Å²) in [6.07, 6.45) is 4.37. The van der Waals surface area contributed by atoms with Gasteiger partial charge in [-0.3, -0.25) is 4.79 Å². The summed E-state index contributed by atoms with van der Waals surface area (Å²) in [6.45, 7) is 3.97. The number of aryl methyl sites for hydroxylation is 2. The van der Waals surface area contributed by atoms with Crippen LogP contribution >= 0.6 is 0 Å². The van der Waals surface area contributed by atoms with Crippen LogP contribution in [0, 0.1) is 17.2 Å². The molecule has 2 fully saturated rings. The zero-order chi connectivity index (χ0) is 16.5. The number of ether oxygens (including phenoxy) is 1. The molecule has 3 aliphatic rings. The zero-order valence-electron chi connectivity index (χ0n) is 13.8. The molecule has 24 heavy (non-hydrogen) atoms. The van der Waals surface area contributed by atoms with Crippen LogP contribution in [0.1, 0.15) is 29.7 Å². The number of amides is 1. The van der Waals surface area contributed by atoms with Crippen LogP contribution in [0.25, 0.3) is 0 Å². The van der Waals surface area contributed by atoms with E-state index in [0.29, 0.717) is 45.0 Å². The van der Waals surface area contributed by atoms with Gasteiger partial charge in [-0.2, -0.15) is 5.26 Å². The maximum absolute atomic E-state index is 12.5. The smallest absolute Gasteiger partial charge is 0.229 e. The van der Waals surface area contributed by atoms with Gasteiger partial charge in [-0.1, -0.05) is 0 Å². The number of carbonyl (C=O) groups is 1. The van der Waals surface area contributed by atoms with E-state index in [1.54, 1.807) is 0 Å². The number of carbonyl (C=O) groups excluding carboxylic acids is 1. The van der Waals surface area contributed by atoms with Gasteiger partial charge in [-0.05, 0) is 37.3 Å². The number of hydrogen-bond acceptors (Lipinski definition) is 5. The SMILES string of the molecule is N#Cc1cc2c(nc1N1CC(C(=O)N3CCOCC3)C1)CCCC2. The first-order valence-corrected chi connectivity index (χ1v) is 8.80. The molecule has 3 heterocycles. The molecule has 0 bridgehead atoms. The highest BCUT2D eigenvalue weighted by molar-refractivity contribution is 5.82. The van der Waals surface area contributed by atoms with E-state index in [4.69, 9.17) is 9.72 Å².